The molecule has 1 aliphatic heterocycles. The van der Waals surface area contributed by atoms with Gasteiger partial charge in [-0.25, -0.2) is 9.59 Å². The minimum atomic E-state index is -0.966. The Labute approximate surface area is 187 Å². The van der Waals surface area contributed by atoms with Gasteiger partial charge in [-0.3, -0.25) is 14.6 Å². The third kappa shape index (κ3) is 7.21. The summed E-state index contributed by atoms with van der Waals surface area (Å²) in [6.45, 7) is 4.96. The third-order valence-electron chi connectivity index (χ3n) is 5.07. The number of carbonyl (C=O) groups is 4. The normalized spacial score (nSPS) is 16.4. The summed E-state index contributed by atoms with van der Waals surface area (Å²) in [6, 6.07) is 4.74. The summed E-state index contributed by atoms with van der Waals surface area (Å²) in [7, 11) is 1.57. The maximum absolute atomic E-state index is 12.8. The molecular formula is C22H31N3O7. The smallest absolute Gasteiger partial charge is 0.412 e. The Bertz CT molecular complexity index is 800. The SMILES string of the molecule is CC(=O)O[C@H](C(=O)N1CCCC1C(=O)OCOC(=O)N(C)CCc1ccccn1)C(C)C. The Morgan fingerprint density at radius 2 is 1.97 bits per heavy atom. The number of pyridine rings is 1. The third-order valence-corrected chi connectivity index (χ3v) is 5.07. The Balaban J connectivity index is 1.81. The van der Waals surface area contributed by atoms with Crippen molar-refractivity contribution in [2.24, 2.45) is 5.92 Å². The molecule has 1 aliphatic rings. The molecule has 0 radical (unpaired) electrons. The van der Waals surface area contributed by atoms with Gasteiger partial charge in [-0.2, -0.15) is 0 Å². The first-order chi connectivity index (χ1) is 15.2. The molecule has 2 heterocycles. The number of esters is 2. The van der Waals surface area contributed by atoms with Crippen molar-refractivity contribution in [1.29, 1.82) is 0 Å². The molecule has 1 unspecified atom stereocenters. The van der Waals surface area contributed by atoms with E-state index in [1.165, 1.54) is 16.7 Å². The zero-order valence-corrected chi connectivity index (χ0v) is 19.0. The molecule has 0 spiro atoms. The van der Waals surface area contributed by atoms with Crippen LogP contribution in [0.4, 0.5) is 4.79 Å². The van der Waals surface area contributed by atoms with Gasteiger partial charge in [0.15, 0.2) is 6.10 Å². The summed E-state index contributed by atoms with van der Waals surface area (Å²) >= 11 is 0. The van der Waals surface area contributed by atoms with E-state index >= 15 is 0 Å². The molecule has 0 saturated carbocycles. The fourth-order valence-electron chi connectivity index (χ4n) is 3.35. The van der Waals surface area contributed by atoms with Crippen LogP contribution < -0.4 is 0 Å². The molecule has 0 bridgehead atoms. The van der Waals surface area contributed by atoms with Crippen molar-refractivity contribution in [2.75, 3.05) is 26.9 Å². The highest BCUT2D eigenvalue weighted by Gasteiger charge is 2.40. The molecule has 176 valence electrons. The van der Waals surface area contributed by atoms with Gasteiger partial charge in [0, 0.05) is 45.4 Å². The van der Waals surface area contributed by atoms with Crippen molar-refractivity contribution in [3.8, 4) is 0 Å². The van der Waals surface area contributed by atoms with Crippen LogP contribution in [0, 0.1) is 5.92 Å². The summed E-state index contributed by atoms with van der Waals surface area (Å²) in [5.74, 6) is -1.90. The number of hydrogen-bond donors (Lipinski definition) is 0. The van der Waals surface area contributed by atoms with Crippen LogP contribution in [0.25, 0.3) is 0 Å². The van der Waals surface area contributed by atoms with Gasteiger partial charge in [-0.05, 0) is 30.9 Å². The van der Waals surface area contributed by atoms with Crippen molar-refractivity contribution >= 4 is 23.9 Å². The largest absolute Gasteiger partial charge is 0.452 e. The van der Waals surface area contributed by atoms with E-state index in [0.29, 0.717) is 32.4 Å². The zero-order chi connectivity index (χ0) is 23.7. The standard InChI is InChI=1S/C22H31N3O7/c1-15(2)19(32-16(3)26)20(27)25-12-7-9-18(25)21(28)30-14-31-22(29)24(4)13-10-17-8-5-6-11-23-17/h5-6,8,11,15,18-19H,7,9-10,12-14H2,1-4H3/t18?,19-/m0/s1. The van der Waals surface area contributed by atoms with E-state index in [2.05, 4.69) is 4.98 Å². The van der Waals surface area contributed by atoms with Crippen LogP contribution in [0.2, 0.25) is 0 Å². The molecule has 0 aliphatic carbocycles. The summed E-state index contributed by atoms with van der Waals surface area (Å²) in [6.07, 6.45) is 1.68. The van der Waals surface area contributed by atoms with Crippen LogP contribution in [0.1, 0.15) is 39.3 Å². The highest BCUT2D eigenvalue weighted by atomic mass is 16.7. The average molecular weight is 450 g/mol. The molecule has 0 N–H and O–H groups in total. The summed E-state index contributed by atoms with van der Waals surface area (Å²) in [5.41, 5.74) is 0.845. The molecule has 0 aromatic carbocycles. The highest BCUT2D eigenvalue weighted by molar-refractivity contribution is 5.89. The zero-order valence-electron chi connectivity index (χ0n) is 19.0. The van der Waals surface area contributed by atoms with Crippen LogP contribution in [0.15, 0.2) is 24.4 Å². The van der Waals surface area contributed by atoms with E-state index in [4.69, 9.17) is 14.2 Å². The van der Waals surface area contributed by atoms with Crippen molar-refractivity contribution in [2.45, 2.75) is 52.2 Å². The number of rotatable bonds is 9. The molecule has 10 nitrogen and oxygen atoms in total. The second-order valence-electron chi connectivity index (χ2n) is 7.95. The molecule has 2 atom stereocenters. The highest BCUT2D eigenvalue weighted by Crippen LogP contribution is 2.22. The molecule has 2 amide bonds. The van der Waals surface area contributed by atoms with Gasteiger partial charge in [-0.15, -0.1) is 0 Å². The van der Waals surface area contributed by atoms with E-state index in [9.17, 15) is 19.2 Å². The predicted molar refractivity (Wildman–Crippen MR) is 113 cm³/mol. The van der Waals surface area contributed by atoms with Crippen molar-refractivity contribution in [3.63, 3.8) is 0 Å². The van der Waals surface area contributed by atoms with E-state index in [1.807, 2.05) is 18.2 Å². The average Bonchev–Trinajstić information content (AvgIpc) is 3.25. The summed E-state index contributed by atoms with van der Waals surface area (Å²) < 4.78 is 15.2. The molecular weight excluding hydrogens is 418 g/mol. The first-order valence-electron chi connectivity index (χ1n) is 10.6. The van der Waals surface area contributed by atoms with Crippen LogP contribution in [0.3, 0.4) is 0 Å². The molecule has 1 aromatic rings. The molecule has 1 aromatic heterocycles. The number of amides is 2. The lowest BCUT2D eigenvalue weighted by Crippen LogP contribution is -2.48. The number of nitrogens with zero attached hydrogens (tertiary/aromatic N) is 3. The van der Waals surface area contributed by atoms with E-state index in [0.717, 1.165) is 5.69 Å². The van der Waals surface area contributed by atoms with Gasteiger partial charge >= 0.3 is 18.0 Å². The van der Waals surface area contributed by atoms with E-state index in [-0.39, 0.29) is 5.92 Å². The fraction of sp³-hybridized carbons (Fsp3) is 0.591. The minimum absolute atomic E-state index is 0.244. The van der Waals surface area contributed by atoms with Crippen LogP contribution >= 0.6 is 0 Å². The van der Waals surface area contributed by atoms with Crippen molar-refractivity contribution in [3.05, 3.63) is 30.1 Å². The van der Waals surface area contributed by atoms with Gasteiger partial charge in [-0.1, -0.05) is 19.9 Å². The lowest BCUT2D eigenvalue weighted by Gasteiger charge is -2.29. The van der Waals surface area contributed by atoms with E-state index < -0.39 is 42.9 Å². The first-order valence-corrected chi connectivity index (χ1v) is 10.6. The predicted octanol–water partition coefficient (Wildman–Crippen LogP) is 1.77. The first kappa shape index (κ1) is 25.1. The minimum Gasteiger partial charge on any atom is -0.452 e. The van der Waals surface area contributed by atoms with Gasteiger partial charge < -0.3 is 24.0 Å². The summed E-state index contributed by atoms with van der Waals surface area (Å²) in [4.78, 5) is 55.7. The molecule has 1 fully saturated rings. The number of hydrogen-bond acceptors (Lipinski definition) is 8. The number of likely N-dealkylation sites (N-methyl/N-ethyl adjacent to an activating group) is 1. The summed E-state index contributed by atoms with van der Waals surface area (Å²) in [5, 5.41) is 0. The number of aromatic nitrogens is 1. The van der Waals surface area contributed by atoms with E-state index in [1.54, 1.807) is 27.1 Å². The number of carbonyl (C=O) groups excluding carboxylic acids is 4. The van der Waals surface area contributed by atoms with Gasteiger partial charge in [0.05, 0.1) is 0 Å². The topological polar surface area (TPSA) is 115 Å². The fourth-order valence-corrected chi connectivity index (χ4v) is 3.35. The van der Waals surface area contributed by atoms with Gasteiger partial charge in [0.2, 0.25) is 6.79 Å². The molecule has 1 saturated heterocycles. The maximum Gasteiger partial charge on any atom is 0.412 e. The maximum atomic E-state index is 12.8. The lowest BCUT2D eigenvalue weighted by atomic mass is 10.1. The van der Waals surface area contributed by atoms with Crippen LogP contribution in [-0.2, 0) is 35.0 Å². The quantitative estimate of drug-likeness (QED) is 0.414. The van der Waals surface area contributed by atoms with Crippen molar-refractivity contribution < 1.29 is 33.4 Å². The monoisotopic (exact) mass is 449 g/mol. The second kappa shape index (κ2) is 12.0. The molecule has 10 heteroatoms. The molecule has 32 heavy (non-hydrogen) atoms. The van der Waals surface area contributed by atoms with Crippen LogP contribution in [-0.4, -0.2) is 77.8 Å². The second-order valence-corrected chi connectivity index (χ2v) is 7.95. The Hall–Kier alpha value is -3.17. The van der Waals surface area contributed by atoms with Crippen LogP contribution in [0.5, 0.6) is 0 Å². The van der Waals surface area contributed by atoms with Crippen molar-refractivity contribution in [1.82, 2.24) is 14.8 Å². The van der Waals surface area contributed by atoms with Gasteiger partial charge in [0.1, 0.15) is 6.04 Å². The van der Waals surface area contributed by atoms with Gasteiger partial charge in [0.25, 0.3) is 5.91 Å². The Morgan fingerprint density at radius 3 is 2.59 bits per heavy atom. The number of likely N-dealkylation sites (tertiary alicyclic amines) is 1. The lowest BCUT2D eigenvalue weighted by molar-refractivity contribution is -0.168. The number of ether oxygens (including phenoxy) is 3. The molecule has 2 rings (SSSR count). The Kier molecular flexibility index (Phi) is 9.42. The Morgan fingerprint density at radius 1 is 1.22 bits per heavy atom.